The van der Waals surface area contributed by atoms with E-state index in [1.165, 1.54) is 6.42 Å². The van der Waals surface area contributed by atoms with Crippen molar-refractivity contribution in [2.75, 3.05) is 38.5 Å². The van der Waals surface area contributed by atoms with Crippen LogP contribution in [0.3, 0.4) is 0 Å². The van der Waals surface area contributed by atoms with Crippen molar-refractivity contribution in [3.05, 3.63) is 29.8 Å². The Kier molecular flexibility index (Phi) is 4.71. The molecular formula is C20H28N4O2. The molecule has 0 radical (unpaired) electrons. The molecule has 1 saturated heterocycles. The van der Waals surface area contributed by atoms with Gasteiger partial charge in [0.2, 0.25) is 5.91 Å². The molecule has 4 rings (SSSR count). The first-order valence-corrected chi connectivity index (χ1v) is 9.67. The standard InChI is InChI=1S/C20H28N4O2/c1-23-8-10-24(11-9-23)20(26)13-4-6-16(7-5-13)22-19(25)17-14-2-3-15(12-14)18(17)21/h4-7,14-15,17-18H,2-3,8-12,21H2,1H3,(H,22,25). The number of hydrogen-bond donors (Lipinski definition) is 2. The fraction of sp³-hybridized carbons (Fsp3) is 0.600. The van der Waals surface area contributed by atoms with Gasteiger partial charge in [0.25, 0.3) is 5.91 Å². The van der Waals surface area contributed by atoms with E-state index in [1.54, 1.807) is 12.1 Å². The average molecular weight is 356 g/mol. The third-order valence-electron chi connectivity index (χ3n) is 6.47. The lowest BCUT2D eigenvalue weighted by Crippen LogP contribution is -2.47. The summed E-state index contributed by atoms with van der Waals surface area (Å²) in [5.41, 5.74) is 7.67. The molecule has 4 unspecified atom stereocenters. The van der Waals surface area contributed by atoms with Crippen molar-refractivity contribution < 1.29 is 9.59 Å². The number of amides is 2. The molecule has 6 heteroatoms. The minimum Gasteiger partial charge on any atom is -0.336 e. The first kappa shape index (κ1) is 17.5. The maximum absolute atomic E-state index is 12.6. The first-order chi connectivity index (χ1) is 12.5. The van der Waals surface area contributed by atoms with E-state index in [9.17, 15) is 9.59 Å². The predicted octanol–water partition coefficient (Wildman–Crippen LogP) is 1.39. The van der Waals surface area contributed by atoms with Gasteiger partial charge in [-0.1, -0.05) is 0 Å². The number of carbonyl (C=O) groups excluding carboxylic acids is 2. The van der Waals surface area contributed by atoms with Gasteiger partial charge < -0.3 is 20.9 Å². The first-order valence-electron chi connectivity index (χ1n) is 9.67. The third-order valence-corrected chi connectivity index (χ3v) is 6.47. The van der Waals surface area contributed by atoms with Gasteiger partial charge >= 0.3 is 0 Å². The van der Waals surface area contributed by atoms with Crippen molar-refractivity contribution in [1.82, 2.24) is 9.80 Å². The molecule has 26 heavy (non-hydrogen) atoms. The molecule has 2 bridgehead atoms. The summed E-state index contributed by atoms with van der Waals surface area (Å²) in [4.78, 5) is 29.3. The topological polar surface area (TPSA) is 78.7 Å². The average Bonchev–Trinajstić information content (AvgIpc) is 3.23. The Hall–Kier alpha value is -1.92. The van der Waals surface area contributed by atoms with E-state index in [1.807, 2.05) is 17.0 Å². The van der Waals surface area contributed by atoms with E-state index >= 15 is 0 Å². The second kappa shape index (κ2) is 7.00. The Balaban J connectivity index is 1.37. The van der Waals surface area contributed by atoms with Gasteiger partial charge in [-0.25, -0.2) is 0 Å². The Bertz CT molecular complexity index is 680. The van der Waals surface area contributed by atoms with Crippen molar-refractivity contribution in [3.63, 3.8) is 0 Å². The zero-order chi connectivity index (χ0) is 18.3. The van der Waals surface area contributed by atoms with Crippen molar-refractivity contribution in [2.45, 2.75) is 25.3 Å². The summed E-state index contributed by atoms with van der Waals surface area (Å²) in [6, 6.07) is 7.24. The number of hydrogen-bond acceptors (Lipinski definition) is 4. The van der Waals surface area contributed by atoms with Crippen LogP contribution in [0.5, 0.6) is 0 Å². The number of nitrogens with zero attached hydrogens (tertiary/aromatic N) is 2. The number of carbonyl (C=O) groups is 2. The largest absolute Gasteiger partial charge is 0.336 e. The SMILES string of the molecule is CN1CCN(C(=O)c2ccc(NC(=O)C3C4CCC(C4)C3N)cc2)CC1. The quantitative estimate of drug-likeness (QED) is 0.858. The number of rotatable bonds is 3. The molecule has 3 aliphatic rings. The fourth-order valence-corrected chi connectivity index (χ4v) is 4.84. The highest BCUT2D eigenvalue weighted by atomic mass is 16.2. The zero-order valence-electron chi connectivity index (χ0n) is 15.4. The number of fused-ring (bicyclic) bond motifs is 2. The lowest BCUT2D eigenvalue weighted by molar-refractivity contribution is -0.121. The number of likely N-dealkylation sites (N-methyl/N-ethyl adjacent to an activating group) is 1. The Labute approximate surface area is 154 Å². The van der Waals surface area contributed by atoms with Gasteiger partial charge in [-0.15, -0.1) is 0 Å². The maximum Gasteiger partial charge on any atom is 0.253 e. The third kappa shape index (κ3) is 3.23. The van der Waals surface area contributed by atoms with Crippen LogP contribution in [-0.2, 0) is 4.79 Å². The molecule has 0 spiro atoms. The van der Waals surface area contributed by atoms with Crippen molar-refractivity contribution in [2.24, 2.45) is 23.5 Å². The second-order valence-corrected chi connectivity index (χ2v) is 8.10. The highest BCUT2D eigenvalue weighted by Crippen LogP contribution is 2.47. The molecule has 4 atom stereocenters. The molecule has 140 valence electrons. The lowest BCUT2D eigenvalue weighted by atomic mass is 9.84. The summed E-state index contributed by atoms with van der Waals surface area (Å²) in [6.45, 7) is 3.33. The molecule has 2 amide bonds. The van der Waals surface area contributed by atoms with Crippen molar-refractivity contribution >= 4 is 17.5 Å². The smallest absolute Gasteiger partial charge is 0.253 e. The molecule has 3 N–H and O–H groups in total. The second-order valence-electron chi connectivity index (χ2n) is 8.10. The van der Waals surface area contributed by atoms with E-state index in [0.29, 0.717) is 17.4 Å². The molecule has 1 aliphatic heterocycles. The molecule has 1 heterocycles. The highest BCUT2D eigenvalue weighted by Gasteiger charge is 2.49. The van der Waals surface area contributed by atoms with Gasteiger partial charge in [0.15, 0.2) is 0 Å². The van der Waals surface area contributed by atoms with Crippen LogP contribution in [0.4, 0.5) is 5.69 Å². The van der Waals surface area contributed by atoms with Crippen LogP contribution >= 0.6 is 0 Å². The van der Waals surface area contributed by atoms with Crippen LogP contribution in [0.2, 0.25) is 0 Å². The van der Waals surface area contributed by atoms with Crippen LogP contribution < -0.4 is 11.1 Å². The molecule has 1 aromatic carbocycles. The summed E-state index contributed by atoms with van der Waals surface area (Å²) in [5, 5.41) is 3.00. The van der Waals surface area contributed by atoms with Crippen molar-refractivity contribution in [3.8, 4) is 0 Å². The summed E-state index contributed by atoms with van der Waals surface area (Å²) in [6.07, 6.45) is 3.38. The minimum absolute atomic E-state index is 0.00756. The molecule has 6 nitrogen and oxygen atoms in total. The lowest BCUT2D eigenvalue weighted by Gasteiger charge is -2.32. The minimum atomic E-state index is -0.0691. The number of nitrogens with one attached hydrogen (secondary N) is 1. The van der Waals surface area contributed by atoms with Crippen LogP contribution in [-0.4, -0.2) is 60.9 Å². The Morgan fingerprint density at radius 2 is 1.69 bits per heavy atom. The Morgan fingerprint density at radius 1 is 1.04 bits per heavy atom. The summed E-state index contributed by atoms with van der Waals surface area (Å²) >= 11 is 0. The van der Waals surface area contributed by atoms with E-state index in [2.05, 4.69) is 17.3 Å². The van der Waals surface area contributed by atoms with Crippen LogP contribution in [0, 0.1) is 17.8 Å². The van der Waals surface area contributed by atoms with Crippen molar-refractivity contribution in [1.29, 1.82) is 0 Å². The monoisotopic (exact) mass is 356 g/mol. The number of nitrogens with two attached hydrogens (primary N) is 1. The molecular weight excluding hydrogens is 328 g/mol. The molecule has 3 fully saturated rings. The Morgan fingerprint density at radius 3 is 2.31 bits per heavy atom. The van der Waals surface area contributed by atoms with Gasteiger partial charge in [-0.05, 0) is 62.4 Å². The highest BCUT2D eigenvalue weighted by molar-refractivity contribution is 5.96. The van der Waals surface area contributed by atoms with Gasteiger partial charge in [0.1, 0.15) is 0 Å². The van der Waals surface area contributed by atoms with E-state index in [0.717, 1.165) is 44.7 Å². The number of benzene rings is 1. The molecule has 0 aromatic heterocycles. The van der Waals surface area contributed by atoms with Crippen LogP contribution in [0.1, 0.15) is 29.6 Å². The number of piperazine rings is 1. The van der Waals surface area contributed by atoms with E-state index in [4.69, 9.17) is 5.73 Å². The number of anilines is 1. The van der Waals surface area contributed by atoms with E-state index in [-0.39, 0.29) is 23.8 Å². The molecule has 1 aromatic rings. The summed E-state index contributed by atoms with van der Waals surface area (Å²) in [5.74, 6) is 0.974. The molecule has 2 aliphatic carbocycles. The normalized spacial score (nSPS) is 31.2. The summed E-state index contributed by atoms with van der Waals surface area (Å²) in [7, 11) is 2.07. The zero-order valence-corrected chi connectivity index (χ0v) is 15.4. The summed E-state index contributed by atoms with van der Waals surface area (Å²) < 4.78 is 0. The van der Waals surface area contributed by atoms with Crippen LogP contribution in [0.25, 0.3) is 0 Å². The van der Waals surface area contributed by atoms with E-state index < -0.39 is 0 Å². The molecule has 2 saturated carbocycles. The maximum atomic E-state index is 12.6. The van der Waals surface area contributed by atoms with Crippen LogP contribution in [0.15, 0.2) is 24.3 Å². The van der Waals surface area contributed by atoms with Gasteiger partial charge in [0.05, 0.1) is 5.92 Å². The van der Waals surface area contributed by atoms with Gasteiger partial charge in [-0.3, -0.25) is 9.59 Å². The van der Waals surface area contributed by atoms with Gasteiger partial charge in [0, 0.05) is 43.5 Å². The predicted molar refractivity (Wildman–Crippen MR) is 101 cm³/mol. The fourth-order valence-electron chi connectivity index (χ4n) is 4.84. The van der Waals surface area contributed by atoms with Gasteiger partial charge in [-0.2, -0.15) is 0 Å².